The van der Waals surface area contributed by atoms with Gasteiger partial charge in [-0.1, -0.05) is 22.0 Å². The summed E-state index contributed by atoms with van der Waals surface area (Å²) in [5, 5.41) is 0. The Morgan fingerprint density at radius 2 is 1.88 bits per heavy atom. The fraction of sp³-hybridized carbons (Fsp3) is 0.154. The highest BCUT2D eigenvalue weighted by molar-refractivity contribution is 9.10. The molecule has 0 atom stereocenters. The molecule has 88 valence electrons. The predicted molar refractivity (Wildman–Crippen MR) is 71.1 cm³/mol. The third kappa shape index (κ3) is 3.05. The molecule has 2 rings (SSSR count). The summed E-state index contributed by atoms with van der Waals surface area (Å²) in [5.74, 6) is 1.33. The summed E-state index contributed by atoms with van der Waals surface area (Å²) >= 11 is 3.38. The van der Waals surface area contributed by atoms with Crippen molar-refractivity contribution in [3.05, 3.63) is 52.1 Å². The van der Waals surface area contributed by atoms with Crippen molar-refractivity contribution in [3.63, 3.8) is 0 Å². The first-order chi connectivity index (χ1) is 8.19. The number of rotatable bonds is 3. The first kappa shape index (κ1) is 12.1. The van der Waals surface area contributed by atoms with Gasteiger partial charge in [0.2, 0.25) is 5.88 Å². The van der Waals surface area contributed by atoms with Gasteiger partial charge in [0.1, 0.15) is 5.75 Å². The van der Waals surface area contributed by atoms with Crippen LogP contribution in [0.2, 0.25) is 0 Å². The number of hydrogen-bond acceptors (Lipinski definition) is 3. The van der Waals surface area contributed by atoms with Crippen molar-refractivity contribution < 1.29 is 4.74 Å². The molecule has 0 fully saturated rings. The lowest BCUT2D eigenvalue weighted by atomic mass is 10.2. The molecule has 0 aliphatic rings. The standard InChI is InChI=1S/C13H13BrN2O/c1-9-2-3-10(8-15)13(16-9)17-12-6-4-11(14)5-7-12/h2-7H,8,15H2,1H3. The maximum absolute atomic E-state index is 5.72. The highest BCUT2D eigenvalue weighted by Gasteiger charge is 2.05. The average molecular weight is 293 g/mol. The second-order valence-electron chi connectivity index (χ2n) is 3.68. The van der Waals surface area contributed by atoms with E-state index in [1.165, 1.54) is 0 Å². The van der Waals surface area contributed by atoms with Crippen molar-refractivity contribution in [2.45, 2.75) is 13.5 Å². The topological polar surface area (TPSA) is 48.1 Å². The van der Waals surface area contributed by atoms with Gasteiger partial charge in [-0.15, -0.1) is 0 Å². The summed E-state index contributed by atoms with van der Waals surface area (Å²) in [5.41, 5.74) is 7.46. The molecule has 1 aromatic carbocycles. The van der Waals surface area contributed by atoms with Crippen LogP contribution in [0.15, 0.2) is 40.9 Å². The SMILES string of the molecule is Cc1ccc(CN)c(Oc2ccc(Br)cc2)n1. The van der Waals surface area contributed by atoms with E-state index in [2.05, 4.69) is 20.9 Å². The van der Waals surface area contributed by atoms with Crippen LogP contribution < -0.4 is 10.5 Å². The molecular weight excluding hydrogens is 280 g/mol. The smallest absolute Gasteiger partial charge is 0.223 e. The third-order valence-corrected chi connectivity index (χ3v) is 2.86. The highest BCUT2D eigenvalue weighted by atomic mass is 79.9. The lowest BCUT2D eigenvalue weighted by Crippen LogP contribution is -2.02. The summed E-state index contributed by atoms with van der Waals surface area (Å²) in [4.78, 5) is 4.35. The Morgan fingerprint density at radius 1 is 1.18 bits per heavy atom. The summed E-state index contributed by atoms with van der Waals surface area (Å²) in [7, 11) is 0. The Labute approximate surface area is 109 Å². The van der Waals surface area contributed by atoms with Crippen molar-refractivity contribution in [1.82, 2.24) is 4.98 Å². The second kappa shape index (κ2) is 5.29. The van der Waals surface area contributed by atoms with Crippen LogP contribution in [0, 0.1) is 6.92 Å². The molecule has 1 aromatic heterocycles. The number of pyridine rings is 1. The second-order valence-corrected chi connectivity index (χ2v) is 4.59. The van der Waals surface area contributed by atoms with Gasteiger partial charge in [0, 0.05) is 22.3 Å². The molecule has 2 N–H and O–H groups in total. The van der Waals surface area contributed by atoms with Gasteiger partial charge in [0.25, 0.3) is 0 Å². The van der Waals surface area contributed by atoms with E-state index < -0.39 is 0 Å². The van der Waals surface area contributed by atoms with Crippen LogP contribution in [0.3, 0.4) is 0 Å². The number of aromatic nitrogens is 1. The highest BCUT2D eigenvalue weighted by Crippen LogP contribution is 2.24. The molecule has 0 radical (unpaired) electrons. The summed E-state index contributed by atoms with van der Waals surface area (Å²) in [6, 6.07) is 11.5. The van der Waals surface area contributed by atoms with Gasteiger partial charge in [-0.2, -0.15) is 0 Å². The molecular formula is C13H13BrN2O. The maximum Gasteiger partial charge on any atom is 0.223 e. The molecule has 0 saturated carbocycles. The Bertz CT molecular complexity index is 511. The molecule has 0 aliphatic carbocycles. The fourth-order valence-electron chi connectivity index (χ4n) is 1.42. The zero-order valence-corrected chi connectivity index (χ0v) is 11.1. The van der Waals surface area contributed by atoms with Gasteiger partial charge in [0.05, 0.1) is 0 Å². The molecule has 0 amide bonds. The van der Waals surface area contributed by atoms with Gasteiger partial charge in [0.15, 0.2) is 0 Å². The quantitative estimate of drug-likeness (QED) is 0.943. The molecule has 0 bridgehead atoms. The number of benzene rings is 1. The fourth-order valence-corrected chi connectivity index (χ4v) is 1.68. The minimum Gasteiger partial charge on any atom is -0.439 e. The Kier molecular flexibility index (Phi) is 3.76. The lowest BCUT2D eigenvalue weighted by molar-refractivity contribution is 0.455. The van der Waals surface area contributed by atoms with Crippen LogP contribution in [-0.4, -0.2) is 4.98 Å². The van der Waals surface area contributed by atoms with Gasteiger partial charge in [-0.25, -0.2) is 4.98 Å². The molecule has 0 unspecified atom stereocenters. The number of aryl methyl sites for hydroxylation is 1. The zero-order chi connectivity index (χ0) is 12.3. The number of halogens is 1. The van der Waals surface area contributed by atoms with Gasteiger partial charge in [-0.3, -0.25) is 0 Å². The molecule has 0 spiro atoms. The van der Waals surface area contributed by atoms with Crippen molar-refractivity contribution in [2.75, 3.05) is 0 Å². The van der Waals surface area contributed by atoms with E-state index in [1.807, 2.05) is 43.3 Å². The van der Waals surface area contributed by atoms with Crippen LogP contribution in [0.5, 0.6) is 11.6 Å². The van der Waals surface area contributed by atoms with E-state index in [4.69, 9.17) is 10.5 Å². The number of nitrogens with two attached hydrogens (primary N) is 1. The largest absolute Gasteiger partial charge is 0.439 e. The monoisotopic (exact) mass is 292 g/mol. The Morgan fingerprint density at radius 3 is 2.53 bits per heavy atom. The average Bonchev–Trinajstić information content (AvgIpc) is 2.32. The van der Waals surface area contributed by atoms with E-state index in [0.717, 1.165) is 21.5 Å². The van der Waals surface area contributed by atoms with E-state index in [-0.39, 0.29) is 0 Å². The van der Waals surface area contributed by atoms with Gasteiger partial charge >= 0.3 is 0 Å². The molecule has 0 aliphatic heterocycles. The zero-order valence-electron chi connectivity index (χ0n) is 9.48. The van der Waals surface area contributed by atoms with Crippen LogP contribution in [0.4, 0.5) is 0 Å². The van der Waals surface area contributed by atoms with Crippen LogP contribution in [0.25, 0.3) is 0 Å². The molecule has 4 heteroatoms. The molecule has 2 aromatic rings. The van der Waals surface area contributed by atoms with Gasteiger partial charge in [-0.05, 0) is 37.3 Å². The molecule has 0 saturated heterocycles. The van der Waals surface area contributed by atoms with Gasteiger partial charge < -0.3 is 10.5 Å². The lowest BCUT2D eigenvalue weighted by Gasteiger charge is -2.09. The van der Waals surface area contributed by atoms with Crippen LogP contribution in [0.1, 0.15) is 11.3 Å². The minimum absolute atomic E-state index is 0.416. The van der Waals surface area contributed by atoms with Crippen molar-refractivity contribution in [1.29, 1.82) is 0 Å². The van der Waals surface area contributed by atoms with Crippen molar-refractivity contribution in [2.24, 2.45) is 5.73 Å². The Balaban J connectivity index is 2.28. The molecule has 1 heterocycles. The first-order valence-corrected chi connectivity index (χ1v) is 6.08. The molecule has 17 heavy (non-hydrogen) atoms. The van der Waals surface area contributed by atoms with E-state index in [1.54, 1.807) is 0 Å². The first-order valence-electron chi connectivity index (χ1n) is 5.29. The summed E-state index contributed by atoms with van der Waals surface area (Å²) < 4.78 is 6.74. The third-order valence-electron chi connectivity index (χ3n) is 2.33. The summed E-state index contributed by atoms with van der Waals surface area (Å²) in [6.45, 7) is 2.34. The molecule has 3 nitrogen and oxygen atoms in total. The van der Waals surface area contributed by atoms with Crippen LogP contribution in [-0.2, 0) is 6.54 Å². The van der Waals surface area contributed by atoms with E-state index in [0.29, 0.717) is 12.4 Å². The number of hydrogen-bond donors (Lipinski definition) is 1. The maximum atomic E-state index is 5.72. The predicted octanol–water partition coefficient (Wildman–Crippen LogP) is 3.40. The Hall–Kier alpha value is -1.39. The van der Waals surface area contributed by atoms with Crippen molar-refractivity contribution >= 4 is 15.9 Å². The van der Waals surface area contributed by atoms with E-state index in [9.17, 15) is 0 Å². The van der Waals surface area contributed by atoms with E-state index >= 15 is 0 Å². The number of nitrogens with zero attached hydrogens (tertiary/aromatic N) is 1. The van der Waals surface area contributed by atoms with Crippen LogP contribution >= 0.6 is 15.9 Å². The minimum atomic E-state index is 0.416. The van der Waals surface area contributed by atoms with Crippen molar-refractivity contribution in [3.8, 4) is 11.6 Å². The normalized spacial score (nSPS) is 10.3. The number of ether oxygens (including phenoxy) is 1. The summed E-state index contributed by atoms with van der Waals surface area (Å²) in [6.07, 6.45) is 0.